The maximum absolute atomic E-state index is 14.0. The highest BCUT2D eigenvalue weighted by Gasteiger charge is 2.22. The molecule has 1 aromatic carbocycles. The number of halogens is 2. The smallest absolute Gasteiger partial charge is 0.145 e. The van der Waals surface area contributed by atoms with Crippen LogP contribution in [0.5, 0.6) is 0 Å². The second-order valence-corrected chi connectivity index (χ2v) is 5.37. The summed E-state index contributed by atoms with van der Waals surface area (Å²) < 4.78 is 20.0. The standard InChI is InChI=1S/C14H13BrFNO/c15-12-3-1-2-11(14(12)16)10-6-7-18-13(10)8-17-9-4-5-9/h1-3,6-7,9,17H,4-5,8H2. The lowest BCUT2D eigenvalue weighted by Gasteiger charge is -2.06. The topological polar surface area (TPSA) is 25.2 Å². The van der Waals surface area contributed by atoms with E-state index in [1.165, 1.54) is 12.8 Å². The molecule has 18 heavy (non-hydrogen) atoms. The first kappa shape index (κ1) is 11.9. The van der Waals surface area contributed by atoms with Crippen molar-refractivity contribution in [1.29, 1.82) is 0 Å². The molecule has 1 saturated carbocycles. The molecule has 1 aliphatic carbocycles. The molecule has 0 bridgehead atoms. The molecule has 0 amide bonds. The first-order valence-electron chi connectivity index (χ1n) is 6.00. The number of benzene rings is 1. The number of nitrogens with one attached hydrogen (secondary N) is 1. The maximum atomic E-state index is 14.0. The molecule has 1 aliphatic rings. The SMILES string of the molecule is Fc1c(Br)cccc1-c1ccoc1CNC1CC1. The Morgan fingerprint density at radius 3 is 2.89 bits per heavy atom. The van der Waals surface area contributed by atoms with Crippen LogP contribution in [0.2, 0.25) is 0 Å². The van der Waals surface area contributed by atoms with Crippen molar-refractivity contribution in [2.45, 2.75) is 25.4 Å². The van der Waals surface area contributed by atoms with E-state index in [1.807, 2.05) is 12.1 Å². The summed E-state index contributed by atoms with van der Waals surface area (Å²) in [6.07, 6.45) is 4.06. The van der Waals surface area contributed by atoms with Gasteiger partial charge in [-0.2, -0.15) is 0 Å². The van der Waals surface area contributed by atoms with Crippen molar-refractivity contribution in [3.8, 4) is 11.1 Å². The van der Waals surface area contributed by atoms with Crippen molar-refractivity contribution in [3.05, 3.63) is 46.6 Å². The summed E-state index contributed by atoms with van der Waals surface area (Å²) in [5.74, 6) is 0.547. The summed E-state index contributed by atoms with van der Waals surface area (Å²) >= 11 is 3.21. The van der Waals surface area contributed by atoms with Gasteiger partial charge in [0.15, 0.2) is 0 Å². The van der Waals surface area contributed by atoms with Gasteiger partial charge in [-0.25, -0.2) is 4.39 Å². The monoisotopic (exact) mass is 309 g/mol. The van der Waals surface area contributed by atoms with E-state index in [2.05, 4.69) is 21.2 Å². The van der Waals surface area contributed by atoms with Crippen LogP contribution in [-0.2, 0) is 6.54 Å². The molecule has 0 radical (unpaired) electrons. The predicted octanol–water partition coefficient (Wildman–Crippen LogP) is 4.10. The van der Waals surface area contributed by atoms with Crippen LogP contribution < -0.4 is 5.32 Å². The molecule has 0 atom stereocenters. The van der Waals surface area contributed by atoms with Gasteiger partial charge < -0.3 is 9.73 Å². The highest BCUT2D eigenvalue weighted by Crippen LogP contribution is 2.31. The van der Waals surface area contributed by atoms with Gasteiger partial charge in [0, 0.05) is 17.2 Å². The minimum absolute atomic E-state index is 0.244. The van der Waals surface area contributed by atoms with Crippen molar-refractivity contribution in [2.75, 3.05) is 0 Å². The Hall–Kier alpha value is -1.13. The van der Waals surface area contributed by atoms with Gasteiger partial charge in [-0.1, -0.05) is 12.1 Å². The maximum Gasteiger partial charge on any atom is 0.145 e. The van der Waals surface area contributed by atoms with E-state index >= 15 is 0 Å². The summed E-state index contributed by atoms with van der Waals surface area (Å²) in [5.41, 5.74) is 1.40. The minimum Gasteiger partial charge on any atom is -0.467 e. The van der Waals surface area contributed by atoms with E-state index < -0.39 is 0 Å². The molecule has 1 heterocycles. The molecule has 1 N–H and O–H groups in total. The summed E-state index contributed by atoms with van der Waals surface area (Å²) in [4.78, 5) is 0. The van der Waals surface area contributed by atoms with Crippen LogP contribution in [0.3, 0.4) is 0 Å². The van der Waals surface area contributed by atoms with Crippen molar-refractivity contribution in [2.24, 2.45) is 0 Å². The van der Waals surface area contributed by atoms with E-state index in [4.69, 9.17) is 4.42 Å². The van der Waals surface area contributed by atoms with E-state index in [9.17, 15) is 4.39 Å². The van der Waals surface area contributed by atoms with Crippen LogP contribution in [0, 0.1) is 5.82 Å². The Morgan fingerprint density at radius 2 is 2.11 bits per heavy atom. The van der Waals surface area contributed by atoms with Gasteiger partial charge in [0.1, 0.15) is 11.6 Å². The van der Waals surface area contributed by atoms with Gasteiger partial charge in [-0.05, 0) is 40.9 Å². The molecule has 2 aromatic rings. The Morgan fingerprint density at radius 1 is 1.28 bits per heavy atom. The van der Waals surface area contributed by atoms with Crippen LogP contribution in [0.25, 0.3) is 11.1 Å². The minimum atomic E-state index is -0.244. The first-order chi connectivity index (χ1) is 8.75. The lowest BCUT2D eigenvalue weighted by Crippen LogP contribution is -2.15. The summed E-state index contributed by atoms with van der Waals surface area (Å²) in [5, 5.41) is 3.38. The summed E-state index contributed by atoms with van der Waals surface area (Å²) in [6.45, 7) is 0.652. The highest BCUT2D eigenvalue weighted by atomic mass is 79.9. The lowest BCUT2D eigenvalue weighted by molar-refractivity contribution is 0.483. The molecule has 3 rings (SSSR count). The third-order valence-electron chi connectivity index (χ3n) is 3.12. The Labute approximate surface area is 113 Å². The normalized spacial score (nSPS) is 15.0. The molecule has 0 unspecified atom stereocenters. The predicted molar refractivity (Wildman–Crippen MR) is 71.7 cm³/mol. The van der Waals surface area contributed by atoms with Crippen molar-refractivity contribution in [3.63, 3.8) is 0 Å². The third kappa shape index (κ3) is 2.35. The molecule has 0 aliphatic heterocycles. The molecule has 1 aromatic heterocycles. The summed E-state index contributed by atoms with van der Waals surface area (Å²) in [6, 6.07) is 7.71. The number of hydrogen-bond donors (Lipinski definition) is 1. The second-order valence-electron chi connectivity index (χ2n) is 4.51. The third-order valence-corrected chi connectivity index (χ3v) is 3.73. The fraction of sp³-hybridized carbons (Fsp3) is 0.286. The fourth-order valence-electron chi connectivity index (χ4n) is 1.95. The number of furan rings is 1. The van der Waals surface area contributed by atoms with E-state index in [-0.39, 0.29) is 5.82 Å². The zero-order valence-corrected chi connectivity index (χ0v) is 11.3. The average Bonchev–Trinajstić information content (AvgIpc) is 3.08. The lowest BCUT2D eigenvalue weighted by atomic mass is 10.1. The van der Waals surface area contributed by atoms with Crippen LogP contribution in [-0.4, -0.2) is 6.04 Å². The molecule has 4 heteroatoms. The van der Waals surface area contributed by atoms with Crippen LogP contribution in [0.15, 0.2) is 39.4 Å². The quantitative estimate of drug-likeness (QED) is 0.920. The van der Waals surface area contributed by atoms with Gasteiger partial charge in [0.2, 0.25) is 0 Å². The van der Waals surface area contributed by atoms with E-state index in [0.717, 1.165) is 11.3 Å². The largest absolute Gasteiger partial charge is 0.467 e. The second kappa shape index (κ2) is 4.86. The van der Waals surface area contributed by atoms with Gasteiger partial charge in [0.25, 0.3) is 0 Å². The van der Waals surface area contributed by atoms with Crippen LogP contribution in [0.4, 0.5) is 4.39 Å². The van der Waals surface area contributed by atoms with E-state index in [1.54, 1.807) is 18.4 Å². The zero-order chi connectivity index (χ0) is 12.5. The highest BCUT2D eigenvalue weighted by molar-refractivity contribution is 9.10. The van der Waals surface area contributed by atoms with Crippen molar-refractivity contribution in [1.82, 2.24) is 5.32 Å². The summed E-state index contributed by atoms with van der Waals surface area (Å²) in [7, 11) is 0. The van der Waals surface area contributed by atoms with Crippen LogP contribution in [0.1, 0.15) is 18.6 Å². The first-order valence-corrected chi connectivity index (χ1v) is 6.79. The van der Waals surface area contributed by atoms with Gasteiger partial charge in [-0.3, -0.25) is 0 Å². The molecule has 0 spiro atoms. The van der Waals surface area contributed by atoms with Gasteiger partial charge >= 0.3 is 0 Å². The molecule has 0 saturated heterocycles. The molecular weight excluding hydrogens is 297 g/mol. The van der Waals surface area contributed by atoms with Crippen molar-refractivity contribution >= 4 is 15.9 Å². The van der Waals surface area contributed by atoms with Gasteiger partial charge in [0.05, 0.1) is 17.3 Å². The molecule has 2 nitrogen and oxygen atoms in total. The van der Waals surface area contributed by atoms with Gasteiger partial charge in [-0.15, -0.1) is 0 Å². The fourth-order valence-corrected chi connectivity index (χ4v) is 2.32. The van der Waals surface area contributed by atoms with E-state index in [0.29, 0.717) is 22.6 Å². The Bertz CT molecular complexity index is 563. The van der Waals surface area contributed by atoms with Crippen LogP contribution >= 0.6 is 15.9 Å². The molecule has 94 valence electrons. The zero-order valence-electron chi connectivity index (χ0n) is 9.75. The average molecular weight is 310 g/mol. The number of rotatable bonds is 4. The number of hydrogen-bond acceptors (Lipinski definition) is 2. The molecular formula is C14H13BrFNO. The Balaban J connectivity index is 1.90. The molecule has 1 fully saturated rings. The van der Waals surface area contributed by atoms with Crippen molar-refractivity contribution < 1.29 is 8.81 Å². The Kier molecular flexibility index (Phi) is 3.22.